The molecule has 0 aliphatic heterocycles. The van der Waals surface area contributed by atoms with Crippen LogP contribution >= 0.6 is 0 Å². The van der Waals surface area contributed by atoms with Crippen LogP contribution in [-0.4, -0.2) is 0 Å². The normalized spacial score (nSPS) is 16.1. The first-order chi connectivity index (χ1) is 24.2. The van der Waals surface area contributed by atoms with E-state index in [4.69, 9.17) is 0 Å². The summed E-state index contributed by atoms with van der Waals surface area (Å²) in [6, 6.07) is 9.02. The maximum absolute atomic E-state index is 4.55. The fraction of sp³-hybridized carbons (Fsp3) is 0.560. The van der Waals surface area contributed by atoms with Crippen LogP contribution in [0.25, 0.3) is 38.9 Å². The van der Waals surface area contributed by atoms with E-state index in [0.29, 0.717) is 5.92 Å². The van der Waals surface area contributed by atoms with Crippen LogP contribution in [-0.2, 0) is 12.8 Å². The van der Waals surface area contributed by atoms with Gasteiger partial charge in [-0.2, -0.15) is 0 Å². The lowest BCUT2D eigenvalue weighted by molar-refractivity contribution is 0.349. The minimum Gasteiger partial charge on any atom is -0.103 e. The third-order valence-corrected chi connectivity index (χ3v) is 12.2. The Hall–Kier alpha value is -2.86. The molecule has 0 amide bonds. The van der Waals surface area contributed by atoms with E-state index in [-0.39, 0.29) is 0 Å². The van der Waals surface area contributed by atoms with Crippen molar-refractivity contribution < 1.29 is 0 Å². The molecule has 272 valence electrons. The molecule has 0 N–H and O–H groups in total. The van der Waals surface area contributed by atoms with Gasteiger partial charge in [-0.1, -0.05) is 146 Å². The van der Waals surface area contributed by atoms with E-state index in [1.165, 1.54) is 188 Å². The van der Waals surface area contributed by atoms with Crippen LogP contribution in [0.15, 0.2) is 61.2 Å². The highest BCUT2D eigenvalue weighted by atomic mass is 14.3. The number of aryl methyl sites for hydroxylation is 2. The Morgan fingerprint density at radius 3 is 2.04 bits per heavy atom. The molecular formula is C50H72. The maximum atomic E-state index is 4.55. The molecule has 0 heteroatoms. The third kappa shape index (κ3) is 10.1. The summed E-state index contributed by atoms with van der Waals surface area (Å²) in [6.45, 7) is 28.0. The predicted octanol–water partition coefficient (Wildman–Crippen LogP) is 15.4. The van der Waals surface area contributed by atoms with E-state index in [0.717, 1.165) is 12.3 Å². The van der Waals surface area contributed by atoms with Gasteiger partial charge in [0.1, 0.15) is 0 Å². The number of hydrogen-bond donors (Lipinski definition) is 0. The first-order valence-corrected chi connectivity index (χ1v) is 20.9. The fourth-order valence-corrected chi connectivity index (χ4v) is 9.09. The summed E-state index contributed by atoms with van der Waals surface area (Å²) in [6.07, 6.45) is 30.5. The third-order valence-electron chi connectivity index (χ3n) is 12.2. The molecule has 0 heterocycles. The lowest BCUT2D eigenvalue weighted by Gasteiger charge is -2.31. The Morgan fingerprint density at radius 2 is 1.42 bits per heavy atom. The summed E-state index contributed by atoms with van der Waals surface area (Å²) in [5.74, 6) is 1.73. The predicted molar refractivity (Wildman–Crippen MR) is 228 cm³/mol. The van der Waals surface area contributed by atoms with Crippen LogP contribution < -0.4 is 5.22 Å². The molecule has 2 aliphatic rings. The number of hydrogen-bond acceptors (Lipinski definition) is 0. The quantitative estimate of drug-likeness (QED) is 0.0670. The van der Waals surface area contributed by atoms with E-state index in [1.807, 2.05) is 6.08 Å². The maximum Gasteiger partial charge on any atom is -0.00260 e. The van der Waals surface area contributed by atoms with Gasteiger partial charge in [0, 0.05) is 0 Å². The zero-order chi connectivity index (χ0) is 36.0. The summed E-state index contributed by atoms with van der Waals surface area (Å²) in [5.41, 5.74) is 8.94. The lowest BCUT2D eigenvalue weighted by atomic mass is 9.73. The summed E-state index contributed by atoms with van der Waals surface area (Å²) in [4.78, 5) is 0. The van der Waals surface area contributed by atoms with E-state index >= 15 is 0 Å². The zero-order valence-corrected chi connectivity index (χ0v) is 33.2. The standard InChI is InChI=1S/C27H28.C15H28.C8H16/c1-6-8-15(2)19-11-12-21-16(3)26-24-14-20-9-7-10-22(27(20)24)17(4)25(26)18(5)23(21)13-19;1-4-5-6-7-8-9-10-11-12-13-14-15(2)3;1-2-8-6-4-3-5-7-8/h7,9-10,14,19H,2,4,6,8,11-13H2,1,3,5H3;4H,1-2,5-14H2,3H3;8H,2-7H2,1H3/t19-;;/m0../s1. The fourth-order valence-electron chi connectivity index (χ4n) is 9.09. The average molecular weight is 673 g/mol. The minimum absolute atomic E-state index is 0.646. The molecule has 0 aromatic heterocycles. The monoisotopic (exact) mass is 673 g/mol. The minimum atomic E-state index is 0.646. The van der Waals surface area contributed by atoms with Crippen molar-refractivity contribution >= 4 is 38.9 Å². The van der Waals surface area contributed by atoms with E-state index < -0.39 is 0 Å². The first-order valence-electron chi connectivity index (χ1n) is 20.9. The van der Waals surface area contributed by atoms with E-state index in [1.54, 1.807) is 11.1 Å². The molecule has 0 unspecified atom stereocenters. The van der Waals surface area contributed by atoms with Crippen molar-refractivity contribution in [2.24, 2.45) is 11.8 Å². The van der Waals surface area contributed by atoms with Gasteiger partial charge in [0.15, 0.2) is 0 Å². The van der Waals surface area contributed by atoms with Crippen LogP contribution in [0, 0.1) is 25.7 Å². The number of unbranched alkanes of at least 4 members (excludes halogenated alkanes) is 8. The average Bonchev–Trinajstić information content (AvgIpc) is 3.11. The molecule has 4 aromatic carbocycles. The number of fused-ring (bicyclic) bond motifs is 3. The van der Waals surface area contributed by atoms with Crippen molar-refractivity contribution in [2.75, 3.05) is 0 Å². The van der Waals surface area contributed by atoms with Gasteiger partial charge in [-0.3, -0.25) is 0 Å². The van der Waals surface area contributed by atoms with Crippen LogP contribution in [0.4, 0.5) is 0 Å². The van der Waals surface area contributed by atoms with E-state index in [9.17, 15) is 0 Å². The molecule has 50 heavy (non-hydrogen) atoms. The summed E-state index contributed by atoms with van der Waals surface area (Å²) < 4.78 is 0. The van der Waals surface area contributed by atoms with Crippen LogP contribution in [0.5, 0.6) is 0 Å². The van der Waals surface area contributed by atoms with Crippen LogP contribution in [0.2, 0.25) is 0 Å². The molecule has 2 aliphatic carbocycles. The second-order valence-corrected chi connectivity index (χ2v) is 16.1. The van der Waals surface area contributed by atoms with Gasteiger partial charge < -0.3 is 0 Å². The molecule has 1 saturated carbocycles. The van der Waals surface area contributed by atoms with Gasteiger partial charge in [0.05, 0.1) is 0 Å². The van der Waals surface area contributed by atoms with Crippen molar-refractivity contribution in [3.8, 4) is 0 Å². The second kappa shape index (κ2) is 20.2. The molecule has 0 bridgehead atoms. The summed E-state index contributed by atoms with van der Waals surface area (Å²) >= 11 is 0. The van der Waals surface area contributed by atoms with Crippen molar-refractivity contribution in [1.82, 2.24) is 0 Å². The van der Waals surface area contributed by atoms with Crippen molar-refractivity contribution in [3.63, 3.8) is 0 Å². The molecule has 1 atom stereocenters. The largest absolute Gasteiger partial charge is 0.103 e. The van der Waals surface area contributed by atoms with Gasteiger partial charge in [0.25, 0.3) is 0 Å². The van der Waals surface area contributed by atoms with Crippen molar-refractivity contribution in [1.29, 1.82) is 0 Å². The SMILES string of the molecule is C=C(CCC)[C@H]1CCc2c(c(C)c3c(=C)c4cccc5cc(c3c2C)c54)C1.C=CCCCCCCCCCCC(=C)C.CCC1CCCCC1. The Labute approximate surface area is 307 Å². The lowest BCUT2D eigenvalue weighted by Crippen LogP contribution is -2.20. The highest BCUT2D eigenvalue weighted by Crippen LogP contribution is 2.43. The van der Waals surface area contributed by atoms with Gasteiger partial charge in [0.2, 0.25) is 0 Å². The molecule has 4 aromatic rings. The number of rotatable bonds is 15. The molecule has 0 radical (unpaired) electrons. The molecule has 0 saturated heterocycles. The molecule has 0 nitrogen and oxygen atoms in total. The summed E-state index contributed by atoms with van der Waals surface area (Å²) in [5, 5.41) is 9.68. The van der Waals surface area contributed by atoms with Gasteiger partial charge in [-0.25, -0.2) is 0 Å². The van der Waals surface area contributed by atoms with Gasteiger partial charge >= 0.3 is 0 Å². The number of allylic oxidation sites excluding steroid dienone is 3. The Morgan fingerprint density at radius 1 is 0.760 bits per heavy atom. The van der Waals surface area contributed by atoms with Crippen molar-refractivity contribution in [3.05, 3.63) is 88.7 Å². The van der Waals surface area contributed by atoms with Crippen molar-refractivity contribution in [2.45, 2.75) is 169 Å². The van der Waals surface area contributed by atoms with Gasteiger partial charge in [-0.15, -0.1) is 13.2 Å². The highest BCUT2D eigenvalue weighted by Gasteiger charge is 2.27. The summed E-state index contributed by atoms with van der Waals surface area (Å²) in [7, 11) is 0. The van der Waals surface area contributed by atoms with Crippen LogP contribution in [0.1, 0.15) is 165 Å². The zero-order valence-electron chi connectivity index (χ0n) is 33.2. The topological polar surface area (TPSA) is 0 Å². The van der Waals surface area contributed by atoms with E-state index in [2.05, 4.69) is 85.2 Å². The Bertz CT molecular complexity index is 1710. The smallest absolute Gasteiger partial charge is 0.00260 e. The molecule has 0 spiro atoms. The molecule has 6 rings (SSSR count). The Balaban J connectivity index is 0.000000205. The molecular weight excluding hydrogens is 601 g/mol. The highest BCUT2D eigenvalue weighted by molar-refractivity contribution is 6.28. The first kappa shape index (κ1) is 39.9. The molecule has 1 fully saturated rings. The van der Waals surface area contributed by atoms with Gasteiger partial charge in [-0.05, 0) is 150 Å². The Kier molecular flexibility index (Phi) is 16.2. The number of benzene rings is 3. The van der Waals surface area contributed by atoms with Crippen LogP contribution in [0.3, 0.4) is 0 Å². The second-order valence-electron chi connectivity index (χ2n) is 16.1.